The van der Waals surface area contributed by atoms with Crippen LogP contribution < -0.4 is 11.1 Å². The van der Waals surface area contributed by atoms with Crippen molar-refractivity contribution < 1.29 is 4.79 Å². The second-order valence-corrected chi connectivity index (χ2v) is 4.78. The van der Waals surface area contributed by atoms with E-state index in [-0.39, 0.29) is 11.8 Å². The van der Waals surface area contributed by atoms with Gasteiger partial charge in [0.15, 0.2) is 0 Å². The summed E-state index contributed by atoms with van der Waals surface area (Å²) in [5.74, 6) is 0.0128. The third-order valence-electron chi connectivity index (χ3n) is 3.46. The summed E-state index contributed by atoms with van der Waals surface area (Å²) in [6, 6.07) is 8.96. The second-order valence-electron chi connectivity index (χ2n) is 4.78. The first-order valence-corrected chi connectivity index (χ1v) is 6.53. The van der Waals surface area contributed by atoms with E-state index in [0.29, 0.717) is 0 Å². The fourth-order valence-electron chi connectivity index (χ4n) is 1.94. The minimum absolute atomic E-state index is 0.147. The van der Waals surface area contributed by atoms with Gasteiger partial charge in [-0.25, -0.2) is 0 Å². The molecule has 2 aromatic rings. The molecule has 2 atom stereocenters. The van der Waals surface area contributed by atoms with E-state index in [1.807, 2.05) is 44.2 Å². The average molecular weight is 257 g/mol. The Morgan fingerprint density at radius 2 is 2.16 bits per heavy atom. The Morgan fingerprint density at radius 3 is 2.89 bits per heavy atom. The molecule has 3 N–H and O–H groups in total. The van der Waals surface area contributed by atoms with Crippen LogP contribution in [0.25, 0.3) is 10.9 Å². The molecular formula is C15H19N3O. The molecule has 4 heteroatoms. The first kappa shape index (κ1) is 13.5. The highest BCUT2D eigenvalue weighted by Gasteiger charge is 2.19. The van der Waals surface area contributed by atoms with Gasteiger partial charge in [0.25, 0.3) is 0 Å². The zero-order chi connectivity index (χ0) is 13.8. The molecule has 1 aromatic heterocycles. The summed E-state index contributed by atoms with van der Waals surface area (Å²) in [7, 11) is 0. The molecule has 1 heterocycles. The van der Waals surface area contributed by atoms with Crippen molar-refractivity contribution in [2.45, 2.75) is 26.3 Å². The third kappa shape index (κ3) is 2.90. The molecule has 0 saturated carbocycles. The van der Waals surface area contributed by atoms with Gasteiger partial charge in [0.1, 0.15) is 0 Å². The second kappa shape index (κ2) is 5.80. The van der Waals surface area contributed by atoms with Gasteiger partial charge in [0, 0.05) is 11.6 Å². The van der Waals surface area contributed by atoms with E-state index in [9.17, 15) is 4.79 Å². The molecule has 0 spiro atoms. The molecule has 1 aromatic carbocycles. The maximum absolute atomic E-state index is 12.1. The smallest absolute Gasteiger partial charge is 0.241 e. The Labute approximate surface area is 113 Å². The summed E-state index contributed by atoms with van der Waals surface area (Å²) in [5.41, 5.74) is 7.55. The van der Waals surface area contributed by atoms with Crippen LogP contribution in [0.4, 0.5) is 5.69 Å². The number of benzene rings is 1. The summed E-state index contributed by atoms with van der Waals surface area (Å²) in [6.45, 7) is 4.01. The van der Waals surface area contributed by atoms with Crippen LogP contribution in [-0.2, 0) is 4.79 Å². The van der Waals surface area contributed by atoms with Gasteiger partial charge in [0.05, 0.1) is 17.2 Å². The summed E-state index contributed by atoms with van der Waals surface area (Å²) in [6.07, 6.45) is 2.62. The van der Waals surface area contributed by atoms with E-state index >= 15 is 0 Å². The van der Waals surface area contributed by atoms with Crippen LogP contribution in [0.3, 0.4) is 0 Å². The van der Waals surface area contributed by atoms with Crippen LogP contribution >= 0.6 is 0 Å². The first-order valence-electron chi connectivity index (χ1n) is 6.53. The van der Waals surface area contributed by atoms with Crippen molar-refractivity contribution in [1.82, 2.24) is 4.98 Å². The number of nitrogens with zero attached hydrogens (tertiary/aromatic N) is 1. The van der Waals surface area contributed by atoms with Gasteiger partial charge < -0.3 is 11.1 Å². The lowest BCUT2D eigenvalue weighted by molar-refractivity contribution is -0.118. The van der Waals surface area contributed by atoms with E-state index in [0.717, 1.165) is 23.0 Å². The highest BCUT2D eigenvalue weighted by molar-refractivity contribution is 6.02. The molecule has 0 aliphatic rings. The molecule has 0 radical (unpaired) electrons. The number of rotatable bonds is 4. The predicted molar refractivity (Wildman–Crippen MR) is 77.8 cm³/mol. The predicted octanol–water partition coefficient (Wildman–Crippen LogP) is 2.55. The van der Waals surface area contributed by atoms with Crippen molar-refractivity contribution in [3.63, 3.8) is 0 Å². The average Bonchev–Trinajstić information content (AvgIpc) is 2.46. The summed E-state index contributed by atoms with van der Waals surface area (Å²) in [4.78, 5) is 16.4. The van der Waals surface area contributed by atoms with Crippen molar-refractivity contribution in [2.24, 2.45) is 11.7 Å². The summed E-state index contributed by atoms with van der Waals surface area (Å²) in [5, 5.41) is 3.82. The molecule has 2 rings (SSSR count). The number of hydrogen-bond acceptors (Lipinski definition) is 3. The van der Waals surface area contributed by atoms with E-state index < -0.39 is 6.04 Å². The van der Waals surface area contributed by atoms with E-state index in [1.165, 1.54) is 0 Å². The maximum Gasteiger partial charge on any atom is 0.241 e. The van der Waals surface area contributed by atoms with E-state index in [4.69, 9.17) is 5.73 Å². The van der Waals surface area contributed by atoms with Gasteiger partial charge in [-0.3, -0.25) is 9.78 Å². The minimum atomic E-state index is -0.489. The van der Waals surface area contributed by atoms with Crippen LogP contribution in [0.2, 0.25) is 0 Å². The molecule has 0 aliphatic heterocycles. The van der Waals surface area contributed by atoms with Crippen molar-refractivity contribution >= 4 is 22.5 Å². The molecule has 2 unspecified atom stereocenters. The van der Waals surface area contributed by atoms with Crippen molar-refractivity contribution in [3.8, 4) is 0 Å². The number of carbonyl (C=O) groups excluding carboxylic acids is 1. The maximum atomic E-state index is 12.1. The van der Waals surface area contributed by atoms with Crippen LogP contribution in [0, 0.1) is 5.92 Å². The van der Waals surface area contributed by atoms with Gasteiger partial charge >= 0.3 is 0 Å². The molecule has 0 bridgehead atoms. The Kier molecular flexibility index (Phi) is 4.12. The zero-order valence-electron chi connectivity index (χ0n) is 11.3. The standard InChI is InChI=1S/C15H19N3O/c1-3-10(2)14(16)15(19)18-13-8-4-7-12-11(13)6-5-9-17-12/h4-10,14H,3,16H2,1-2H3,(H,18,19). The molecule has 0 saturated heterocycles. The van der Waals surface area contributed by atoms with Gasteiger partial charge in [-0.1, -0.05) is 26.3 Å². The van der Waals surface area contributed by atoms with Gasteiger partial charge in [-0.05, 0) is 30.2 Å². The Morgan fingerprint density at radius 1 is 1.37 bits per heavy atom. The molecule has 0 fully saturated rings. The van der Waals surface area contributed by atoms with Crippen LogP contribution in [0.15, 0.2) is 36.5 Å². The number of nitrogens with two attached hydrogens (primary N) is 1. The quantitative estimate of drug-likeness (QED) is 0.884. The highest BCUT2D eigenvalue weighted by atomic mass is 16.2. The number of carbonyl (C=O) groups is 1. The lowest BCUT2D eigenvalue weighted by Gasteiger charge is -2.18. The number of aromatic nitrogens is 1. The molecule has 4 nitrogen and oxygen atoms in total. The molecule has 19 heavy (non-hydrogen) atoms. The number of fused-ring (bicyclic) bond motifs is 1. The number of pyridine rings is 1. The number of hydrogen-bond donors (Lipinski definition) is 2. The first-order chi connectivity index (χ1) is 9.13. The van der Waals surface area contributed by atoms with Gasteiger partial charge in [-0.15, -0.1) is 0 Å². The summed E-state index contributed by atoms with van der Waals surface area (Å²) >= 11 is 0. The van der Waals surface area contributed by atoms with Crippen molar-refractivity contribution in [1.29, 1.82) is 0 Å². The van der Waals surface area contributed by atoms with Gasteiger partial charge in [0.2, 0.25) is 5.91 Å². The molecule has 0 aliphatic carbocycles. The van der Waals surface area contributed by atoms with Crippen LogP contribution in [-0.4, -0.2) is 16.9 Å². The fraction of sp³-hybridized carbons (Fsp3) is 0.333. The topological polar surface area (TPSA) is 68.0 Å². The Bertz CT molecular complexity index is 577. The zero-order valence-corrected chi connectivity index (χ0v) is 11.3. The SMILES string of the molecule is CCC(C)C(N)C(=O)Nc1cccc2ncccc12. The lowest BCUT2D eigenvalue weighted by Crippen LogP contribution is -2.40. The van der Waals surface area contributed by atoms with E-state index in [1.54, 1.807) is 6.20 Å². The Hall–Kier alpha value is -1.94. The third-order valence-corrected chi connectivity index (χ3v) is 3.46. The fourth-order valence-corrected chi connectivity index (χ4v) is 1.94. The van der Waals surface area contributed by atoms with Crippen LogP contribution in [0.5, 0.6) is 0 Å². The minimum Gasteiger partial charge on any atom is -0.324 e. The van der Waals surface area contributed by atoms with E-state index in [2.05, 4.69) is 10.3 Å². The monoisotopic (exact) mass is 257 g/mol. The number of nitrogens with one attached hydrogen (secondary N) is 1. The number of amides is 1. The molecule has 100 valence electrons. The highest BCUT2D eigenvalue weighted by Crippen LogP contribution is 2.21. The van der Waals surface area contributed by atoms with Crippen molar-refractivity contribution in [2.75, 3.05) is 5.32 Å². The van der Waals surface area contributed by atoms with Crippen molar-refractivity contribution in [3.05, 3.63) is 36.5 Å². The molecular weight excluding hydrogens is 238 g/mol. The van der Waals surface area contributed by atoms with Crippen LogP contribution in [0.1, 0.15) is 20.3 Å². The summed E-state index contributed by atoms with van der Waals surface area (Å²) < 4.78 is 0. The lowest BCUT2D eigenvalue weighted by atomic mass is 9.99. The normalized spacial score (nSPS) is 14.1. The van der Waals surface area contributed by atoms with Gasteiger partial charge in [-0.2, -0.15) is 0 Å². The number of anilines is 1. The largest absolute Gasteiger partial charge is 0.324 e. The molecule has 1 amide bonds. The Balaban J connectivity index is 2.24.